The van der Waals surface area contributed by atoms with Gasteiger partial charge in [0.1, 0.15) is 5.71 Å². The van der Waals surface area contributed by atoms with Crippen molar-refractivity contribution in [3.8, 4) is 0 Å². The van der Waals surface area contributed by atoms with Gasteiger partial charge < -0.3 is 10.5 Å². The molecule has 4 heteroatoms. The minimum Gasteiger partial charge on any atom is -0.477 e. The van der Waals surface area contributed by atoms with Crippen LogP contribution < -0.4 is 5.43 Å². The molecule has 0 aromatic heterocycles. The van der Waals surface area contributed by atoms with Gasteiger partial charge in [0, 0.05) is 6.54 Å². The third-order valence-electron chi connectivity index (χ3n) is 3.20. The third kappa shape index (κ3) is 13.2. The van der Waals surface area contributed by atoms with Crippen LogP contribution in [0.5, 0.6) is 0 Å². The van der Waals surface area contributed by atoms with Crippen LogP contribution in [0.25, 0.3) is 0 Å². The van der Waals surface area contributed by atoms with Gasteiger partial charge in [-0.1, -0.05) is 64.7 Å². The van der Waals surface area contributed by atoms with E-state index in [4.69, 9.17) is 5.11 Å². The average molecular weight is 270 g/mol. The highest BCUT2D eigenvalue weighted by Gasteiger charge is 1.99. The zero-order chi connectivity index (χ0) is 14.3. The van der Waals surface area contributed by atoms with Crippen LogP contribution in [0.3, 0.4) is 0 Å². The van der Waals surface area contributed by atoms with Crippen molar-refractivity contribution in [3.63, 3.8) is 0 Å². The van der Waals surface area contributed by atoms with Crippen molar-refractivity contribution in [2.45, 2.75) is 78.1 Å². The van der Waals surface area contributed by atoms with Gasteiger partial charge in [-0.15, -0.1) is 0 Å². The zero-order valence-corrected chi connectivity index (χ0v) is 12.6. The fourth-order valence-corrected chi connectivity index (χ4v) is 1.91. The fourth-order valence-electron chi connectivity index (χ4n) is 1.91. The molecule has 0 heterocycles. The van der Waals surface area contributed by atoms with Gasteiger partial charge in [0.25, 0.3) is 0 Å². The summed E-state index contributed by atoms with van der Waals surface area (Å²) in [6.45, 7) is 4.50. The van der Waals surface area contributed by atoms with E-state index in [1.807, 2.05) is 0 Å². The molecule has 0 aliphatic rings. The van der Waals surface area contributed by atoms with E-state index in [-0.39, 0.29) is 5.71 Å². The summed E-state index contributed by atoms with van der Waals surface area (Å²) >= 11 is 0. The highest BCUT2D eigenvalue weighted by atomic mass is 16.4. The normalized spacial score (nSPS) is 11.6. The molecule has 0 unspecified atom stereocenters. The van der Waals surface area contributed by atoms with E-state index in [1.54, 1.807) is 0 Å². The first kappa shape index (κ1) is 17.9. The number of hydrogen-bond acceptors (Lipinski definition) is 3. The molecule has 0 aliphatic heterocycles. The van der Waals surface area contributed by atoms with Crippen molar-refractivity contribution in [2.75, 3.05) is 6.54 Å². The standard InChI is InChI=1S/C15H30N2O2/c1-3-4-5-6-7-8-9-10-11-12-13-16-17-14(2)15(18)19/h16H,3-13H2,1-2H3,(H,18,19). The van der Waals surface area contributed by atoms with Gasteiger partial charge in [-0.2, -0.15) is 5.10 Å². The number of nitrogens with zero attached hydrogens (tertiary/aromatic N) is 1. The Morgan fingerprint density at radius 2 is 1.42 bits per heavy atom. The molecule has 4 nitrogen and oxygen atoms in total. The van der Waals surface area contributed by atoms with Crippen molar-refractivity contribution < 1.29 is 9.90 Å². The van der Waals surface area contributed by atoms with E-state index in [0.29, 0.717) is 0 Å². The summed E-state index contributed by atoms with van der Waals surface area (Å²) in [5, 5.41) is 12.4. The lowest BCUT2D eigenvalue weighted by molar-refractivity contribution is -0.129. The molecular formula is C15H30N2O2. The number of unbranched alkanes of at least 4 members (excludes halogenated alkanes) is 9. The molecule has 0 radical (unpaired) electrons. The summed E-state index contributed by atoms with van der Waals surface area (Å²) in [6.07, 6.45) is 13.1. The minimum atomic E-state index is -0.962. The van der Waals surface area contributed by atoms with E-state index in [1.165, 1.54) is 64.7 Å². The highest BCUT2D eigenvalue weighted by Crippen LogP contribution is 2.10. The summed E-state index contributed by atoms with van der Waals surface area (Å²) in [6, 6.07) is 0. The monoisotopic (exact) mass is 270 g/mol. The van der Waals surface area contributed by atoms with Crippen molar-refractivity contribution in [1.82, 2.24) is 5.43 Å². The van der Waals surface area contributed by atoms with Crippen LogP contribution in [0.4, 0.5) is 0 Å². The Bertz CT molecular complexity index is 253. The Kier molecular flexibility index (Phi) is 12.6. The number of nitrogens with one attached hydrogen (secondary N) is 1. The molecule has 112 valence electrons. The van der Waals surface area contributed by atoms with Crippen LogP contribution in [-0.2, 0) is 4.79 Å². The molecule has 0 saturated heterocycles. The van der Waals surface area contributed by atoms with Gasteiger partial charge in [-0.25, -0.2) is 4.79 Å². The van der Waals surface area contributed by atoms with Crippen molar-refractivity contribution >= 4 is 11.7 Å². The first-order valence-electron chi connectivity index (χ1n) is 7.69. The maximum absolute atomic E-state index is 10.5. The topological polar surface area (TPSA) is 61.7 Å². The maximum Gasteiger partial charge on any atom is 0.351 e. The molecule has 0 atom stereocenters. The van der Waals surface area contributed by atoms with Crippen molar-refractivity contribution in [3.05, 3.63) is 0 Å². The Balaban J connectivity index is 3.15. The predicted molar refractivity (Wildman–Crippen MR) is 80.6 cm³/mol. The highest BCUT2D eigenvalue weighted by molar-refractivity contribution is 6.34. The Morgan fingerprint density at radius 1 is 0.947 bits per heavy atom. The van der Waals surface area contributed by atoms with E-state index < -0.39 is 5.97 Å². The summed E-state index contributed by atoms with van der Waals surface area (Å²) in [7, 11) is 0. The molecule has 2 N–H and O–H groups in total. The van der Waals surface area contributed by atoms with Crippen LogP contribution in [-0.4, -0.2) is 23.3 Å². The number of rotatable bonds is 13. The van der Waals surface area contributed by atoms with E-state index in [2.05, 4.69) is 17.5 Å². The van der Waals surface area contributed by atoms with Crippen molar-refractivity contribution in [1.29, 1.82) is 0 Å². The number of hydrazone groups is 1. The third-order valence-corrected chi connectivity index (χ3v) is 3.20. The second kappa shape index (κ2) is 13.4. The van der Waals surface area contributed by atoms with Gasteiger partial charge in [-0.05, 0) is 13.3 Å². The first-order chi connectivity index (χ1) is 9.18. The molecule has 0 saturated carbocycles. The molecule has 0 fully saturated rings. The maximum atomic E-state index is 10.5. The second-order valence-electron chi connectivity index (χ2n) is 5.09. The Hall–Kier alpha value is -1.06. The number of hydrogen-bond donors (Lipinski definition) is 2. The number of carboxylic acid groups (broad SMARTS) is 1. The van der Waals surface area contributed by atoms with Gasteiger partial charge in [0.05, 0.1) is 0 Å². The molecule has 0 rings (SSSR count). The van der Waals surface area contributed by atoms with E-state index in [0.717, 1.165) is 13.0 Å². The zero-order valence-electron chi connectivity index (χ0n) is 12.6. The van der Waals surface area contributed by atoms with Gasteiger partial charge in [-0.3, -0.25) is 0 Å². The lowest BCUT2D eigenvalue weighted by Gasteiger charge is -2.03. The summed E-state index contributed by atoms with van der Waals surface area (Å²) < 4.78 is 0. The van der Waals surface area contributed by atoms with Crippen LogP contribution in [0, 0.1) is 0 Å². The van der Waals surface area contributed by atoms with Gasteiger partial charge in [0.15, 0.2) is 0 Å². The molecule has 0 aliphatic carbocycles. The second-order valence-corrected chi connectivity index (χ2v) is 5.09. The van der Waals surface area contributed by atoms with Gasteiger partial charge >= 0.3 is 5.97 Å². The lowest BCUT2D eigenvalue weighted by atomic mass is 10.1. The fraction of sp³-hybridized carbons (Fsp3) is 0.867. The molecular weight excluding hydrogens is 240 g/mol. The Labute approximate surface area is 117 Å². The lowest BCUT2D eigenvalue weighted by Crippen LogP contribution is -2.16. The molecule has 0 spiro atoms. The SMILES string of the molecule is CCCCCCCCCCCCNN=C(C)C(=O)O. The first-order valence-corrected chi connectivity index (χ1v) is 7.69. The summed E-state index contributed by atoms with van der Waals surface area (Å²) in [5.41, 5.74) is 2.92. The van der Waals surface area contributed by atoms with Crippen LogP contribution in [0.2, 0.25) is 0 Å². The smallest absolute Gasteiger partial charge is 0.351 e. The van der Waals surface area contributed by atoms with Crippen LogP contribution in [0.15, 0.2) is 5.10 Å². The largest absolute Gasteiger partial charge is 0.477 e. The van der Waals surface area contributed by atoms with Crippen molar-refractivity contribution in [2.24, 2.45) is 5.10 Å². The van der Waals surface area contributed by atoms with Crippen LogP contribution >= 0.6 is 0 Å². The Morgan fingerprint density at radius 3 is 1.89 bits per heavy atom. The predicted octanol–water partition coefficient (Wildman–Crippen LogP) is 3.96. The number of carbonyl (C=O) groups is 1. The van der Waals surface area contributed by atoms with Crippen LogP contribution in [0.1, 0.15) is 78.1 Å². The quantitative estimate of drug-likeness (QED) is 0.302. The van der Waals surface area contributed by atoms with E-state index >= 15 is 0 Å². The molecule has 0 aromatic carbocycles. The summed E-state index contributed by atoms with van der Waals surface area (Å²) in [5.74, 6) is -0.962. The molecule has 0 aromatic rings. The molecule has 0 bridgehead atoms. The average Bonchev–Trinajstić information content (AvgIpc) is 2.39. The number of carboxylic acids is 1. The molecule has 0 amide bonds. The summed E-state index contributed by atoms with van der Waals surface area (Å²) in [4.78, 5) is 10.5. The van der Waals surface area contributed by atoms with Gasteiger partial charge in [0.2, 0.25) is 0 Å². The molecule has 19 heavy (non-hydrogen) atoms. The van der Waals surface area contributed by atoms with E-state index in [9.17, 15) is 4.79 Å². The number of aliphatic carboxylic acids is 1. The minimum absolute atomic E-state index is 0.118.